The Morgan fingerprint density at radius 1 is 1.29 bits per heavy atom. The Labute approximate surface area is 91.8 Å². The van der Waals surface area contributed by atoms with E-state index in [1.807, 2.05) is 0 Å². The van der Waals surface area contributed by atoms with E-state index in [9.17, 15) is 4.79 Å². The molecule has 0 aromatic heterocycles. The predicted molar refractivity (Wildman–Crippen MR) is 57.5 cm³/mol. The van der Waals surface area contributed by atoms with Gasteiger partial charge in [0.25, 0.3) is 0 Å². The van der Waals surface area contributed by atoms with E-state index in [1.54, 1.807) is 31.2 Å². The number of rotatable bonds is 2. The third-order valence-corrected chi connectivity index (χ3v) is 2.13. The molecule has 1 aromatic rings. The second kappa shape index (κ2) is 4.49. The second-order valence-electron chi connectivity index (χ2n) is 2.72. The van der Waals surface area contributed by atoms with Gasteiger partial charge in [-0.15, -0.1) is 0 Å². The second-order valence-corrected chi connectivity index (χ2v) is 3.72. The Bertz CT molecular complexity index is 376. The predicted octanol–water partition coefficient (Wildman–Crippen LogP) is 3.39. The van der Waals surface area contributed by atoms with Crippen molar-refractivity contribution in [2.24, 2.45) is 0 Å². The van der Waals surface area contributed by atoms with Crippen LogP contribution in [0.2, 0.25) is 5.02 Å². The van der Waals surface area contributed by atoms with Crippen molar-refractivity contribution >= 4 is 34.7 Å². The monoisotopic (exact) mass is 230 g/mol. The van der Waals surface area contributed by atoms with Crippen LogP contribution in [0.15, 0.2) is 29.3 Å². The van der Waals surface area contributed by atoms with Crippen LogP contribution in [0.3, 0.4) is 0 Å². The third-order valence-electron chi connectivity index (χ3n) is 1.69. The zero-order chi connectivity index (χ0) is 10.7. The van der Waals surface area contributed by atoms with Crippen molar-refractivity contribution in [1.82, 2.24) is 0 Å². The highest BCUT2D eigenvalue weighted by Crippen LogP contribution is 2.22. The number of aliphatic carboxylic acids is 1. The summed E-state index contributed by atoms with van der Waals surface area (Å²) in [6.07, 6.45) is 0. The average Bonchev–Trinajstić information content (AvgIpc) is 2.07. The lowest BCUT2D eigenvalue weighted by Crippen LogP contribution is -2.00. The number of hydrogen-bond donors (Lipinski definition) is 1. The normalized spacial score (nSPS) is 12.2. The minimum Gasteiger partial charge on any atom is -0.478 e. The van der Waals surface area contributed by atoms with Gasteiger partial charge in [-0.1, -0.05) is 35.3 Å². The minimum absolute atomic E-state index is 0.100. The fourth-order valence-corrected chi connectivity index (χ4v) is 1.40. The third kappa shape index (κ3) is 2.50. The first-order valence-electron chi connectivity index (χ1n) is 3.88. The van der Waals surface area contributed by atoms with Gasteiger partial charge in [0.1, 0.15) is 0 Å². The molecule has 0 fully saturated rings. The van der Waals surface area contributed by atoms with Gasteiger partial charge in [-0.3, -0.25) is 0 Å². The van der Waals surface area contributed by atoms with Gasteiger partial charge >= 0.3 is 5.97 Å². The van der Waals surface area contributed by atoms with E-state index in [-0.39, 0.29) is 10.6 Å². The van der Waals surface area contributed by atoms with Crippen LogP contribution in [0.4, 0.5) is 0 Å². The van der Waals surface area contributed by atoms with Crippen LogP contribution in [-0.4, -0.2) is 11.1 Å². The van der Waals surface area contributed by atoms with Crippen molar-refractivity contribution in [2.45, 2.75) is 6.92 Å². The van der Waals surface area contributed by atoms with E-state index in [1.165, 1.54) is 0 Å². The molecule has 2 nitrogen and oxygen atoms in total. The lowest BCUT2D eigenvalue weighted by atomic mass is 10.1. The first-order valence-corrected chi connectivity index (χ1v) is 4.63. The first-order chi connectivity index (χ1) is 6.52. The molecule has 0 aliphatic rings. The molecule has 0 atom stereocenters. The van der Waals surface area contributed by atoms with Crippen LogP contribution in [0.25, 0.3) is 5.57 Å². The summed E-state index contributed by atoms with van der Waals surface area (Å²) in [7, 11) is 0. The summed E-state index contributed by atoms with van der Waals surface area (Å²) >= 11 is 11.4. The average molecular weight is 231 g/mol. The van der Waals surface area contributed by atoms with Crippen molar-refractivity contribution in [1.29, 1.82) is 0 Å². The Hall–Kier alpha value is -0.990. The van der Waals surface area contributed by atoms with Crippen LogP contribution < -0.4 is 0 Å². The zero-order valence-corrected chi connectivity index (χ0v) is 8.93. The van der Waals surface area contributed by atoms with E-state index in [2.05, 4.69) is 0 Å². The van der Waals surface area contributed by atoms with Crippen molar-refractivity contribution in [3.8, 4) is 0 Å². The topological polar surface area (TPSA) is 37.3 Å². The van der Waals surface area contributed by atoms with Crippen molar-refractivity contribution in [3.05, 3.63) is 39.9 Å². The molecular formula is C10H8Cl2O2. The highest BCUT2D eigenvalue weighted by molar-refractivity contribution is 6.38. The Kier molecular flexibility index (Phi) is 3.55. The van der Waals surface area contributed by atoms with E-state index < -0.39 is 5.97 Å². The van der Waals surface area contributed by atoms with Gasteiger partial charge in [0.15, 0.2) is 0 Å². The molecule has 0 aliphatic carbocycles. The summed E-state index contributed by atoms with van der Waals surface area (Å²) in [6, 6.07) is 6.49. The maximum Gasteiger partial charge on any atom is 0.337 e. The Morgan fingerprint density at radius 3 is 2.14 bits per heavy atom. The van der Waals surface area contributed by atoms with E-state index in [0.717, 1.165) is 0 Å². The van der Waals surface area contributed by atoms with Gasteiger partial charge in [0, 0.05) is 10.1 Å². The van der Waals surface area contributed by atoms with Crippen molar-refractivity contribution < 1.29 is 9.90 Å². The minimum atomic E-state index is -1.04. The highest BCUT2D eigenvalue weighted by Gasteiger charge is 2.12. The number of halogens is 2. The molecule has 4 heteroatoms. The van der Waals surface area contributed by atoms with Gasteiger partial charge in [0.05, 0.1) is 5.57 Å². The lowest BCUT2D eigenvalue weighted by molar-refractivity contribution is -0.130. The van der Waals surface area contributed by atoms with Crippen molar-refractivity contribution in [3.63, 3.8) is 0 Å². The molecule has 74 valence electrons. The largest absolute Gasteiger partial charge is 0.478 e. The number of allylic oxidation sites excluding steroid dienone is 1. The Morgan fingerprint density at radius 2 is 1.79 bits per heavy atom. The zero-order valence-electron chi connectivity index (χ0n) is 7.42. The molecule has 0 amide bonds. The van der Waals surface area contributed by atoms with Gasteiger partial charge in [-0.2, -0.15) is 0 Å². The molecule has 0 heterocycles. The maximum absolute atomic E-state index is 10.9. The van der Waals surface area contributed by atoms with Crippen LogP contribution in [0.1, 0.15) is 12.5 Å². The molecule has 1 N–H and O–H groups in total. The molecule has 0 saturated heterocycles. The Balaban J connectivity index is 3.21. The quantitative estimate of drug-likeness (QED) is 0.792. The smallest absolute Gasteiger partial charge is 0.337 e. The molecule has 0 spiro atoms. The first kappa shape index (κ1) is 11.1. The number of carbonyl (C=O) groups is 1. The maximum atomic E-state index is 10.9. The van der Waals surface area contributed by atoms with Crippen LogP contribution >= 0.6 is 23.2 Å². The summed E-state index contributed by atoms with van der Waals surface area (Å²) in [6.45, 7) is 1.54. The van der Waals surface area contributed by atoms with Gasteiger partial charge in [-0.05, 0) is 24.6 Å². The fraction of sp³-hybridized carbons (Fsp3) is 0.100. The molecule has 1 aromatic carbocycles. The molecular weight excluding hydrogens is 223 g/mol. The number of carboxylic acid groups (broad SMARTS) is 1. The van der Waals surface area contributed by atoms with E-state index >= 15 is 0 Å². The molecule has 0 bridgehead atoms. The number of benzene rings is 1. The van der Waals surface area contributed by atoms with Crippen LogP contribution in [0, 0.1) is 0 Å². The summed E-state index contributed by atoms with van der Waals surface area (Å²) in [5.74, 6) is -1.04. The van der Waals surface area contributed by atoms with Gasteiger partial charge < -0.3 is 5.11 Å². The molecule has 0 unspecified atom stereocenters. The summed E-state index contributed by atoms with van der Waals surface area (Å²) in [5, 5.41) is 9.70. The molecule has 0 radical (unpaired) electrons. The molecule has 0 aliphatic heterocycles. The summed E-state index contributed by atoms with van der Waals surface area (Å²) in [5.41, 5.74) is 0.651. The van der Waals surface area contributed by atoms with Crippen LogP contribution in [-0.2, 0) is 4.79 Å². The molecule has 1 rings (SSSR count). The molecule has 0 saturated carbocycles. The van der Waals surface area contributed by atoms with Crippen molar-refractivity contribution in [2.75, 3.05) is 0 Å². The van der Waals surface area contributed by atoms with E-state index in [0.29, 0.717) is 10.6 Å². The summed E-state index contributed by atoms with van der Waals surface area (Å²) < 4.78 is 0. The van der Waals surface area contributed by atoms with Crippen LogP contribution in [0.5, 0.6) is 0 Å². The van der Waals surface area contributed by atoms with Gasteiger partial charge in [0.2, 0.25) is 0 Å². The lowest BCUT2D eigenvalue weighted by Gasteiger charge is -2.03. The summed E-state index contributed by atoms with van der Waals surface area (Å²) in [4.78, 5) is 10.9. The number of hydrogen-bond acceptors (Lipinski definition) is 1. The SMILES string of the molecule is CC(Cl)=C(C(=O)O)c1ccc(Cl)cc1. The molecule has 14 heavy (non-hydrogen) atoms. The van der Waals surface area contributed by atoms with E-state index in [4.69, 9.17) is 28.3 Å². The fourth-order valence-electron chi connectivity index (χ4n) is 1.09. The van der Waals surface area contributed by atoms with Gasteiger partial charge in [-0.25, -0.2) is 4.79 Å². The highest BCUT2D eigenvalue weighted by atomic mass is 35.5. The number of carboxylic acids is 1. The standard InChI is InChI=1S/C10H8Cl2O2/c1-6(11)9(10(13)14)7-2-4-8(12)5-3-7/h2-5H,1H3,(H,13,14).